The standard InChI is InChI=1S/C17H16F3N/c18-14-8-13(9-15(19)16(14)20)17(21)12-6-2-5-11(7-12)10-3-1-4-10/h2,5-10,17H,1,3-4,21H2. The van der Waals surface area contributed by atoms with Crippen molar-refractivity contribution in [2.24, 2.45) is 5.73 Å². The van der Waals surface area contributed by atoms with Crippen molar-refractivity contribution in [3.05, 3.63) is 70.5 Å². The molecular formula is C17H16F3N. The zero-order valence-electron chi connectivity index (χ0n) is 11.5. The molecule has 110 valence electrons. The van der Waals surface area contributed by atoms with Crippen LogP contribution in [-0.2, 0) is 0 Å². The molecule has 1 fully saturated rings. The van der Waals surface area contributed by atoms with Gasteiger partial charge in [-0.25, -0.2) is 13.2 Å². The van der Waals surface area contributed by atoms with Gasteiger partial charge in [-0.3, -0.25) is 0 Å². The fourth-order valence-corrected chi connectivity index (χ4v) is 2.70. The van der Waals surface area contributed by atoms with Crippen LogP contribution in [0.5, 0.6) is 0 Å². The molecule has 1 aliphatic carbocycles. The van der Waals surface area contributed by atoms with E-state index in [2.05, 4.69) is 0 Å². The molecule has 0 amide bonds. The summed E-state index contributed by atoms with van der Waals surface area (Å²) in [5, 5.41) is 0. The Bertz CT molecular complexity index is 642. The maximum Gasteiger partial charge on any atom is 0.194 e. The van der Waals surface area contributed by atoms with Crippen LogP contribution < -0.4 is 5.73 Å². The predicted octanol–water partition coefficient (Wildman–Crippen LogP) is 4.42. The summed E-state index contributed by atoms with van der Waals surface area (Å²) in [7, 11) is 0. The summed E-state index contributed by atoms with van der Waals surface area (Å²) in [6.07, 6.45) is 3.56. The zero-order valence-corrected chi connectivity index (χ0v) is 11.5. The van der Waals surface area contributed by atoms with E-state index in [1.807, 2.05) is 24.3 Å². The molecule has 0 saturated heterocycles. The molecule has 0 spiro atoms. The van der Waals surface area contributed by atoms with Crippen LogP contribution >= 0.6 is 0 Å². The fraction of sp³-hybridized carbons (Fsp3) is 0.294. The number of hydrogen-bond acceptors (Lipinski definition) is 1. The molecule has 2 aromatic rings. The average Bonchev–Trinajstić information content (AvgIpc) is 2.42. The third-order valence-corrected chi connectivity index (χ3v) is 4.21. The van der Waals surface area contributed by atoms with Crippen molar-refractivity contribution in [2.75, 3.05) is 0 Å². The molecule has 1 unspecified atom stereocenters. The Morgan fingerprint density at radius 2 is 1.62 bits per heavy atom. The fourth-order valence-electron chi connectivity index (χ4n) is 2.70. The van der Waals surface area contributed by atoms with E-state index in [1.165, 1.54) is 24.8 Å². The molecule has 0 aliphatic heterocycles. The Balaban J connectivity index is 1.92. The van der Waals surface area contributed by atoms with Crippen LogP contribution in [0.15, 0.2) is 36.4 Å². The summed E-state index contributed by atoms with van der Waals surface area (Å²) in [6, 6.07) is 9.00. The lowest BCUT2D eigenvalue weighted by atomic mass is 9.79. The first-order valence-electron chi connectivity index (χ1n) is 7.06. The topological polar surface area (TPSA) is 26.0 Å². The van der Waals surface area contributed by atoms with Crippen LogP contribution in [0.2, 0.25) is 0 Å². The van der Waals surface area contributed by atoms with Gasteiger partial charge in [0.1, 0.15) is 0 Å². The Kier molecular flexibility index (Phi) is 3.72. The number of halogens is 3. The molecule has 2 aromatic carbocycles. The van der Waals surface area contributed by atoms with Crippen molar-refractivity contribution in [2.45, 2.75) is 31.2 Å². The monoisotopic (exact) mass is 291 g/mol. The second-order valence-corrected chi connectivity index (χ2v) is 5.57. The molecule has 1 saturated carbocycles. The van der Waals surface area contributed by atoms with Crippen molar-refractivity contribution in [1.82, 2.24) is 0 Å². The van der Waals surface area contributed by atoms with Crippen LogP contribution in [0, 0.1) is 17.5 Å². The number of nitrogens with two attached hydrogens (primary N) is 1. The molecule has 0 aromatic heterocycles. The van der Waals surface area contributed by atoms with Crippen LogP contribution in [0.1, 0.15) is 47.9 Å². The van der Waals surface area contributed by atoms with E-state index in [9.17, 15) is 13.2 Å². The van der Waals surface area contributed by atoms with Gasteiger partial charge in [0, 0.05) is 0 Å². The molecule has 0 bridgehead atoms. The minimum absolute atomic E-state index is 0.233. The first-order chi connectivity index (χ1) is 10.1. The zero-order chi connectivity index (χ0) is 15.0. The average molecular weight is 291 g/mol. The van der Waals surface area contributed by atoms with Crippen LogP contribution in [0.3, 0.4) is 0 Å². The van der Waals surface area contributed by atoms with E-state index in [0.717, 1.165) is 17.7 Å². The SMILES string of the molecule is NC(c1cccc(C2CCC2)c1)c1cc(F)c(F)c(F)c1. The molecule has 2 N–H and O–H groups in total. The number of hydrogen-bond donors (Lipinski definition) is 1. The van der Waals surface area contributed by atoms with Gasteiger partial charge >= 0.3 is 0 Å². The third-order valence-electron chi connectivity index (χ3n) is 4.21. The third kappa shape index (κ3) is 2.68. The lowest BCUT2D eigenvalue weighted by Crippen LogP contribution is -2.15. The normalized spacial score (nSPS) is 16.6. The highest BCUT2D eigenvalue weighted by Crippen LogP contribution is 2.37. The number of benzene rings is 2. The summed E-state index contributed by atoms with van der Waals surface area (Å²) < 4.78 is 39.6. The van der Waals surface area contributed by atoms with Crippen LogP contribution in [-0.4, -0.2) is 0 Å². The largest absolute Gasteiger partial charge is 0.320 e. The minimum atomic E-state index is -1.46. The molecule has 3 rings (SSSR count). The lowest BCUT2D eigenvalue weighted by molar-refractivity contribution is 0.419. The molecular weight excluding hydrogens is 275 g/mol. The molecule has 21 heavy (non-hydrogen) atoms. The quantitative estimate of drug-likeness (QED) is 0.832. The maximum atomic E-state index is 13.3. The van der Waals surface area contributed by atoms with Gasteiger partial charge in [-0.2, -0.15) is 0 Å². The van der Waals surface area contributed by atoms with E-state index in [-0.39, 0.29) is 5.56 Å². The summed E-state index contributed by atoms with van der Waals surface area (Å²) in [5.74, 6) is -3.33. The summed E-state index contributed by atoms with van der Waals surface area (Å²) >= 11 is 0. The van der Waals surface area contributed by atoms with E-state index in [4.69, 9.17) is 5.73 Å². The van der Waals surface area contributed by atoms with Crippen molar-refractivity contribution in [3.8, 4) is 0 Å². The van der Waals surface area contributed by atoms with Crippen molar-refractivity contribution >= 4 is 0 Å². The molecule has 1 nitrogen and oxygen atoms in total. The Morgan fingerprint density at radius 3 is 2.19 bits per heavy atom. The van der Waals surface area contributed by atoms with Gasteiger partial charge in [-0.05, 0) is 47.6 Å². The highest BCUT2D eigenvalue weighted by Gasteiger charge is 2.21. The van der Waals surface area contributed by atoms with Gasteiger partial charge in [0.25, 0.3) is 0 Å². The van der Waals surface area contributed by atoms with Crippen molar-refractivity contribution in [3.63, 3.8) is 0 Å². The summed E-state index contributed by atoms with van der Waals surface area (Å²) in [5.41, 5.74) is 8.30. The highest BCUT2D eigenvalue weighted by molar-refractivity contribution is 5.36. The molecule has 1 atom stereocenters. The van der Waals surface area contributed by atoms with Crippen molar-refractivity contribution in [1.29, 1.82) is 0 Å². The maximum absolute atomic E-state index is 13.3. The van der Waals surface area contributed by atoms with Gasteiger partial charge in [0.2, 0.25) is 0 Å². The highest BCUT2D eigenvalue weighted by atomic mass is 19.2. The Hall–Kier alpha value is -1.81. The Labute approximate surface area is 121 Å². The first kappa shape index (κ1) is 14.1. The second kappa shape index (κ2) is 5.53. The predicted molar refractivity (Wildman–Crippen MR) is 75.4 cm³/mol. The van der Waals surface area contributed by atoms with Gasteiger partial charge in [-0.1, -0.05) is 30.7 Å². The van der Waals surface area contributed by atoms with Crippen LogP contribution in [0.25, 0.3) is 0 Å². The molecule has 1 aliphatic rings. The van der Waals surface area contributed by atoms with Gasteiger partial charge in [-0.15, -0.1) is 0 Å². The lowest BCUT2D eigenvalue weighted by Gasteiger charge is -2.26. The van der Waals surface area contributed by atoms with E-state index < -0.39 is 23.5 Å². The molecule has 0 heterocycles. The van der Waals surface area contributed by atoms with Gasteiger partial charge in [0.05, 0.1) is 6.04 Å². The van der Waals surface area contributed by atoms with Gasteiger partial charge < -0.3 is 5.73 Å². The van der Waals surface area contributed by atoms with E-state index in [1.54, 1.807) is 0 Å². The first-order valence-corrected chi connectivity index (χ1v) is 7.06. The smallest absolute Gasteiger partial charge is 0.194 e. The summed E-state index contributed by atoms with van der Waals surface area (Å²) in [4.78, 5) is 0. The van der Waals surface area contributed by atoms with E-state index >= 15 is 0 Å². The molecule has 0 radical (unpaired) electrons. The van der Waals surface area contributed by atoms with Gasteiger partial charge in [0.15, 0.2) is 17.5 Å². The molecule has 4 heteroatoms. The van der Waals surface area contributed by atoms with Crippen LogP contribution in [0.4, 0.5) is 13.2 Å². The van der Waals surface area contributed by atoms with Crippen molar-refractivity contribution < 1.29 is 13.2 Å². The summed E-state index contributed by atoms with van der Waals surface area (Å²) in [6.45, 7) is 0. The Morgan fingerprint density at radius 1 is 0.952 bits per heavy atom. The minimum Gasteiger partial charge on any atom is -0.320 e. The number of rotatable bonds is 3. The second-order valence-electron chi connectivity index (χ2n) is 5.57. The van der Waals surface area contributed by atoms with E-state index in [0.29, 0.717) is 5.92 Å².